The number of rotatable bonds is 22. The second-order valence-corrected chi connectivity index (χ2v) is 10.1. The fourth-order valence-electron chi connectivity index (χ4n) is 3.22. The third kappa shape index (κ3) is 19.2. The summed E-state index contributed by atoms with van der Waals surface area (Å²) in [6.45, 7) is 7.78. The molecule has 27 heavy (non-hydrogen) atoms. The van der Waals surface area contributed by atoms with E-state index in [2.05, 4.69) is 20.8 Å². The van der Waals surface area contributed by atoms with Crippen molar-refractivity contribution in [1.29, 1.82) is 0 Å². The minimum Gasteiger partial charge on any atom is -0.309 e. The first kappa shape index (κ1) is 27.1. The zero-order valence-electron chi connectivity index (χ0n) is 18.8. The zero-order chi connectivity index (χ0) is 20.1. The lowest BCUT2D eigenvalue weighted by Crippen LogP contribution is -2.03. The third-order valence-corrected chi connectivity index (χ3v) is 7.12. The molecule has 0 aliphatic heterocycles. The summed E-state index contributed by atoms with van der Waals surface area (Å²) in [6, 6.07) is 0. The fourth-order valence-corrected chi connectivity index (χ4v) is 5.07. The molecule has 0 N–H and O–H groups in total. The number of hydrogen-bond donors (Lipinski definition) is 0. The molecule has 0 aromatic heterocycles. The molecule has 0 aromatic rings. The quantitative estimate of drug-likeness (QED) is 0.133. The lowest BCUT2D eigenvalue weighted by molar-refractivity contribution is 0.197. The predicted molar refractivity (Wildman–Crippen MR) is 120 cm³/mol. The van der Waals surface area contributed by atoms with E-state index in [1.54, 1.807) is 0 Å². The molecule has 4 heteroatoms. The summed E-state index contributed by atoms with van der Waals surface area (Å²) >= 11 is 0. The van der Waals surface area contributed by atoms with Crippen LogP contribution >= 0.6 is 7.60 Å². The van der Waals surface area contributed by atoms with Crippen molar-refractivity contribution in [2.45, 2.75) is 130 Å². The van der Waals surface area contributed by atoms with E-state index >= 15 is 0 Å². The van der Waals surface area contributed by atoms with Crippen LogP contribution in [0, 0.1) is 0 Å². The molecule has 0 heterocycles. The van der Waals surface area contributed by atoms with Crippen molar-refractivity contribution in [3.63, 3.8) is 0 Å². The largest absolute Gasteiger partial charge is 0.330 e. The highest BCUT2D eigenvalue weighted by atomic mass is 31.2. The van der Waals surface area contributed by atoms with Gasteiger partial charge in [0.2, 0.25) is 0 Å². The van der Waals surface area contributed by atoms with Gasteiger partial charge < -0.3 is 9.05 Å². The maximum atomic E-state index is 12.9. The summed E-state index contributed by atoms with van der Waals surface area (Å²) in [4.78, 5) is 0. The summed E-state index contributed by atoms with van der Waals surface area (Å²) in [5, 5.41) is 0. The Kier molecular flexibility index (Phi) is 21.0. The standard InChI is InChI=1S/C23H49O3P/c1-4-7-10-12-13-14-15-16-18-20-22-26-27(24,23-9-6-3)25-21-19-17-11-8-5-2/h4-23H2,1-3H3. The van der Waals surface area contributed by atoms with Gasteiger partial charge in [-0.3, -0.25) is 4.57 Å². The Morgan fingerprint density at radius 2 is 0.815 bits per heavy atom. The minimum absolute atomic E-state index is 0.580. The van der Waals surface area contributed by atoms with Crippen LogP contribution in [0.4, 0.5) is 0 Å². The molecule has 0 rings (SSSR count). The average Bonchev–Trinajstić information content (AvgIpc) is 2.67. The maximum absolute atomic E-state index is 12.9. The molecule has 1 atom stereocenters. The molecule has 0 radical (unpaired) electrons. The molecule has 0 aliphatic carbocycles. The van der Waals surface area contributed by atoms with Crippen LogP contribution < -0.4 is 0 Å². The van der Waals surface area contributed by atoms with Gasteiger partial charge in [-0.2, -0.15) is 0 Å². The van der Waals surface area contributed by atoms with Crippen molar-refractivity contribution in [1.82, 2.24) is 0 Å². The first-order valence-corrected chi connectivity index (χ1v) is 13.8. The highest BCUT2D eigenvalue weighted by Gasteiger charge is 2.23. The number of unbranched alkanes of at least 4 members (excludes halogenated alkanes) is 14. The van der Waals surface area contributed by atoms with Crippen molar-refractivity contribution < 1.29 is 13.6 Å². The van der Waals surface area contributed by atoms with Gasteiger partial charge in [0.25, 0.3) is 0 Å². The van der Waals surface area contributed by atoms with E-state index in [0.717, 1.165) is 25.7 Å². The van der Waals surface area contributed by atoms with E-state index in [9.17, 15) is 4.57 Å². The van der Waals surface area contributed by atoms with Gasteiger partial charge in [-0.25, -0.2) is 0 Å². The molecule has 164 valence electrons. The van der Waals surface area contributed by atoms with Crippen molar-refractivity contribution in [3.8, 4) is 0 Å². The van der Waals surface area contributed by atoms with Gasteiger partial charge in [0, 0.05) is 0 Å². The lowest BCUT2D eigenvalue weighted by Gasteiger charge is -2.18. The first-order chi connectivity index (χ1) is 13.2. The Hall–Kier alpha value is 0.150. The molecular formula is C23H49O3P. The summed E-state index contributed by atoms with van der Waals surface area (Å²) in [5.41, 5.74) is 0. The first-order valence-electron chi connectivity index (χ1n) is 12.1. The predicted octanol–water partition coefficient (Wildman–Crippen LogP) is 8.90. The maximum Gasteiger partial charge on any atom is 0.330 e. The van der Waals surface area contributed by atoms with Crippen LogP contribution in [0.15, 0.2) is 0 Å². The molecule has 1 unspecified atom stereocenters. The fraction of sp³-hybridized carbons (Fsp3) is 1.00. The molecule has 0 aliphatic rings. The van der Waals surface area contributed by atoms with Crippen LogP contribution in [0.25, 0.3) is 0 Å². The van der Waals surface area contributed by atoms with Crippen LogP contribution in [0.1, 0.15) is 130 Å². The Morgan fingerprint density at radius 3 is 1.19 bits per heavy atom. The van der Waals surface area contributed by atoms with Crippen LogP contribution in [0.3, 0.4) is 0 Å². The molecule has 3 nitrogen and oxygen atoms in total. The monoisotopic (exact) mass is 404 g/mol. The normalized spacial score (nSPS) is 13.7. The van der Waals surface area contributed by atoms with Crippen molar-refractivity contribution in [3.05, 3.63) is 0 Å². The molecule has 0 saturated heterocycles. The molecular weight excluding hydrogens is 355 g/mol. The average molecular weight is 405 g/mol. The van der Waals surface area contributed by atoms with Crippen molar-refractivity contribution >= 4 is 7.60 Å². The van der Waals surface area contributed by atoms with Crippen LogP contribution in [-0.4, -0.2) is 19.4 Å². The highest BCUT2D eigenvalue weighted by Crippen LogP contribution is 2.49. The van der Waals surface area contributed by atoms with Crippen LogP contribution in [0.5, 0.6) is 0 Å². The summed E-state index contributed by atoms with van der Waals surface area (Å²) < 4.78 is 24.4. The van der Waals surface area contributed by atoms with Crippen LogP contribution in [-0.2, 0) is 13.6 Å². The molecule has 0 bridgehead atoms. The van der Waals surface area contributed by atoms with Gasteiger partial charge >= 0.3 is 7.60 Å². The summed E-state index contributed by atoms with van der Waals surface area (Å²) in [5.74, 6) is 0. The Balaban J connectivity index is 3.72. The van der Waals surface area contributed by atoms with E-state index < -0.39 is 7.60 Å². The van der Waals surface area contributed by atoms with E-state index in [1.165, 1.54) is 83.5 Å². The number of hydrogen-bond acceptors (Lipinski definition) is 3. The Morgan fingerprint density at radius 1 is 0.481 bits per heavy atom. The molecule has 0 fully saturated rings. The lowest BCUT2D eigenvalue weighted by atomic mass is 10.1. The topological polar surface area (TPSA) is 35.5 Å². The second kappa shape index (κ2) is 20.9. The van der Waals surface area contributed by atoms with E-state index in [0.29, 0.717) is 19.4 Å². The molecule has 0 aromatic carbocycles. The van der Waals surface area contributed by atoms with Gasteiger partial charge in [-0.1, -0.05) is 111 Å². The Labute approximate surface area is 170 Å². The van der Waals surface area contributed by atoms with Gasteiger partial charge in [0.15, 0.2) is 0 Å². The van der Waals surface area contributed by atoms with Gasteiger partial charge in [0.05, 0.1) is 19.4 Å². The van der Waals surface area contributed by atoms with Crippen molar-refractivity contribution in [2.24, 2.45) is 0 Å². The van der Waals surface area contributed by atoms with E-state index in [-0.39, 0.29) is 0 Å². The SMILES string of the molecule is CCCCCCCCCCCCOP(=O)(CCCC)OCCCCCCC. The van der Waals surface area contributed by atoms with Gasteiger partial charge in [-0.15, -0.1) is 0 Å². The highest BCUT2D eigenvalue weighted by molar-refractivity contribution is 7.53. The molecule has 0 spiro atoms. The Bertz CT molecular complexity index is 334. The zero-order valence-corrected chi connectivity index (χ0v) is 19.7. The van der Waals surface area contributed by atoms with Crippen LogP contribution in [0.2, 0.25) is 0 Å². The second-order valence-electron chi connectivity index (χ2n) is 7.95. The van der Waals surface area contributed by atoms with Gasteiger partial charge in [0.1, 0.15) is 0 Å². The van der Waals surface area contributed by atoms with E-state index in [4.69, 9.17) is 9.05 Å². The van der Waals surface area contributed by atoms with Gasteiger partial charge in [-0.05, 0) is 19.3 Å². The molecule has 0 saturated carbocycles. The third-order valence-electron chi connectivity index (χ3n) is 5.11. The summed E-state index contributed by atoms with van der Waals surface area (Å²) in [7, 11) is -2.87. The molecule has 0 amide bonds. The minimum atomic E-state index is -2.87. The summed E-state index contributed by atoms with van der Waals surface area (Å²) in [6.07, 6.45) is 21.5. The smallest absolute Gasteiger partial charge is 0.309 e. The van der Waals surface area contributed by atoms with Crippen molar-refractivity contribution in [2.75, 3.05) is 19.4 Å². The van der Waals surface area contributed by atoms with E-state index in [1.807, 2.05) is 0 Å².